The van der Waals surface area contributed by atoms with Crippen molar-refractivity contribution in [3.05, 3.63) is 53.6 Å². The number of aromatic nitrogens is 1. The number of likely N-dealkylation sites (tertiary alicyclic amines) is 1. The van der Waals surface area contributed by atoms with Crippen LogP contribution in [0.2, 0.25) is 0 Å². The summed E-state index contributed by atoms with van der Waals surface area (Å²) in [5.74, 6) is -1.05. The Kier molecular flexibility index (Phi) is 4.97. The number of piperidine rings is 1. The molecule has 142 valence electrons. The van der Waals surface area contributed by atoms with E-state index in [4.69, 9.17) is 0 Å². The second kappa shape index (κ2) is 7.55. The zero-order valence-electron chi connectivity index (χ0n) is 15.3. The van der Waals surface area contributed by atoms with Crippen molar-refractivity contribution in [1.82, 2.24) is 9.88 Å². The number of carbonyl (C=O) groups excluding carboxylic acids is 1. The summed E-state index contributed by atoms with van der Waals surface area (Å²) in [5.41, 5.74) is 2.55. The molecule has 2 fully saturated rings. The minimum atomic E-state index is -0.766. The standard InChI is InChI=1S/C21H24FN3O2/c22-18-13-16(3-6-20(18)26)21(27)25-11-7-15(8-12-25)19-5-4-17(14-23-19)24-9-1-2-10-24/h3-6,13-15,26H,1-2,7-12H2. The predicted octanol–water partition coefficient (Wildman–Crippen LogP) is 3.55. The first-order chi connectivity index (χ1) is 13.1. The van der Waals surface area contributed by atoms with Gasteiger partial charge in [0.15, 0.2) is 11.6 Å². The molecule has 0 unspecified atom stereocenters. The van der Waals surface area contributed by atoms with E-state index in [0.717, 1.165) is 37.7 Å². The van der Waals surface area contributed by atoms with Crippen molar-refractivity contribution in [1.29, 1.82) is 0 Å². The lowest BCUT2D eigenvalue weighted by Crippen LogP contribution is -2.38. The fourth-order valence-electron chi connectivity index (χ4n) is 4.00. The van der Waals surface area contributed by atoms with Crippen molar-refractivity contribution in [2.75, 3.05) is 31.1 Å². The van der Waals surface area contributed by atoms with Crippen LogP contribution in [-0.4, -0.2) is 47.1 Å². The van der Waals surface area contributed by atoms with E-state index >= 15 is 0 Å². The second-order valence-electron chi connectivity index (χ2n) is 7.37. The normalized spacial score (nSPS) is 18.1. The first-order valence-electron chi connectivity index (χ1n) is 9.60. The van der Waals surface area contributed by atoms with Crippen LogP contribution in [-0.2, 0) is 0 Å². The van der Waals surface area contributed by atoms with Gasteiger partial charge in [-0.15, -0.1) is 0 Å². The Morgan fingerprint density at radius 2 is 1.81 bits per heavy atom. The van der Waals surface area contributed by atoms with Crippen LogP contribution in [0.4, 0.5) is 10.1 Å². The van der Waals surface area contributed by atoms with Gasteiger partial charge in [-0.2, -0.15) is 0 Å². The molecule has 0 saturated carbocycles. The average molecular weight is 369 g/mol. The lowest BCUT2D eigenvalue weighted by molar-refractivity contribution is 0.0711. The first-order valence-corrected chi connectivity index (χ1v) is 9.60. The number of benzene rings is 1. The molecule has 2 saturated heterocycles. The molecular weight excluding hydrogens is 345 g/mol. The van der Waals surface area contributed by atoms with Gasteiger partial charge >= 0.3 is 0 Å². The van der Waals surface area contributed by atoms with Crippen LogP contribution >= 0.6 is 0 Å². The summed E-state index contributed by atoms with van der Waals surface area (Å²) in [4.78, 5) is 21.3. The van der Waals surface area contributed by atoms with E-state index in [1.807, 2.05) is 6.20 Å². The highest BCUT2D eigenvalue weighted by Crippen LogP contribution is 2.29. The molecule has 5 nitrogen and oxygen atoms in total. The maximum atomic E-state index is 13.5. The molecule has 2 aromatic rings. The molecule has 0 atom stereocenters. The SMILES string of the molecule is O=C(c1ccc(O)c(F)c1)N1CCC(c2ccc(N3CCCC3)cn2)CC1. The largest absolute Gasteiger partial charge is 0.505 e. The summed E-state index contributed by atoms with van der Waals surface area (Å²) in [6.07, 6.45) is 6.17. The number of anilines is 1. The van der Waals surface area contributed by atoms with E-state index in [0.29, 0.717) is 19.0 Å². The van der Waals surface area contributed by atoms with Crippen LogP contribution in [0, 0.1) is 5.82 Å². The highest BCUT2D eigenvalue weighted by Gasteiger charge is 2.26. The molecule has 0 radical (unpaired) electrons. The molecule has 1 aromatic heterocycles. The number of phenolic OH excluding ortho intramolecular Hbond substituents is 1. The molecule has 6 heteroatoms. The third-order valence-corrected chi connectivity index (χ3v) is 5.64. The Balaban J connectivity index is 1.36. The van der Waals surface area contributed by atoms with Crippen molar-refractivity contribution < 1.29 is 14.3 Å². The van der Waals surface area contributed by atoms with Crippen molar-refractivity contribution >= 4 is 11.6 Å². The van der Waals surface area contributed by atoms with Gasteiger partial charge in [0.05, 0.1) is 11.9 Å². The Bertz CT molecular complexity index is 811. The molecular formula is C21H24FN3O2. The molecule has 0 bridgehead atoms. The fourth-order valence-corrected chi connectivity index (χ4v) is 4.00. The van der Waals surface area contributed by atoms with Crippen LogP contribution < -0.4 is 4.90 Å². The molecule has 1 N–H and O–H groups in total. The first kappa shape index (κ1) is 17.8. The van der Waals surface area contributed by atoms with Crippen molar-refractivity contribution in [2.45, 2.75) is 31.6 Å². The molecule has 27 heavy (non-hydrogen) atoms. The van der Waals surface area contributed by atoms with Crippen molar-refractivity contribution in [3.8, 4) is 5.75 Å². The number of nitrogens with zero attached hydrogens (tertiary/aromatic N) is 3. The zero-order valence-corrected chi connectivity index (χ0v) is 15.3. The van der Waals surface area contributed by atoms with Crippen LogP contribution in [0.25, 0.3) is 0 Å². The Labute approximate surface area is 158 Å². The Morgan fingerprint density at radius 1 is 1.07 bits per heavy atom. The Hall–Kier alpha value is -2.63. The van der Waals surface area contributed by atoms with Crippen molar-refractivity contribution in [2.24, 2.45) is 0 Å². The van der Waals surface area contributed by atoms with Gasteiger partial charge in [-0.1, -0.05) is 0 Å². The minimum absolute atomic E-state index is 0.190. The predicted molar refractivity (Wildman–Crippen MR) is 102 cm³/mol. The third kappa shape index (κ3) is 3.75. The molecule has 1 amide bonds. The molecule has 3 heterocycles. The molecule has 4 rings (SSSR count). The lowest BCUT2D eigenvalue weighted by Gasteiger charge is -2.32. The average Bonchev–Trinajstić information content (AvgIpc) is 3.25. The Morgan fingerprint density at radius 3 is 2.44 bits per heavy atom. The van der Waals surface area contributed by atoms with Gasteiger partial charge in [-0.05, 0) is 56.0 Å². The van der Waals surface area contributed by atoms with Crippen molar-refractivity contribution in [3.63, 3.8) is 0 Å². The van der Waals surface area contributed by atoms with Gasteiger partial charge in [0.2, 0.25) is 0 Å². The van der Waals surface area contributed by atoms with E-state index in [9.17, 15) is 14.3 Å². The second-order valence-corrected chi connectivity index (χ2v) is 7.37. The van der Waals surface area contributed by atoms with E-state index in [1.54, 1.807) is 4.90 Å². The number of aromatic hydroxyl groups is 1. The number of rotatable bonds is 3. The number of phenols is 1. The number of halogens is 1. The highest BCUT2D eigenvalue weighted by atomic mass is 19.1. The molecule has 0 aliphatic carbocycles. The lowest BCUT2D eigenvalue weighted by atomic mass is 9.92. The van der Waals surface area contributed by atoms with E-state index in [2.05, 4.69) is 22.0 Å². The zero-order chi connectivity index (χ0) is 18.8. The summed E-state index contributed by atoms with van der Waals surface area (Å²) in [5, 5.41) is 9.28. The van der Waals surface area contributed by atoms with Gasteiger partial charge < -0.3 is 14.9 Å². The topological polar surface area (TPSA) is 56.7 Å². The smallest absolute Gasteiger partial charge is 0.253 e. The monoisotopic (exact) mass is 369 g/mol. The number of amides is 1. The summed E-state index contributed by atoms with van der Waals surface area (Å²) in [6.45, 7) is 3.47. The summed E-state index contributed by atoms with van der Waals surface area (Å²) < 4.78 is 13.5. The number of carbonyl (C=O) groups is 1. The van der Waals surface area contributed by atoms with Crippen LogP contribution in [0.1, 0.15) is 47.7 Å². The van der Waals surface area contributed by atoms with E-state index in [-0.39, 0.29) is 11.5 Å². The quantitative estimate of drug-likeness (QED) is 0.899. The van der Waals surface area contributed by atoms with E-state index < -0.39 is 11.6 Å². The van der Waals surface area contributed by atoms with Crippen LogP contribution in [0.15, 0.2) is 36.5 Å². The molecule has 2 aliphatic heterocycles. The number of hydrogen-bond donors (Lipinski definition) is 1. The molecule has 1 aromatic carbocycles. The van der Waals surface area contributed by atoms with Crippen LogP contribution in [0.5, 0.6) is 5.75 Å². The summed E-state index contributed by atoms with van der Waals surface area (Å²) in [7, 11) is 0. The fraction of sp³-hybridized carbons (Fsp3) is 0.429. The summed E-state index contributed by atoms with van der Waals surface area (Å²) >= 11 is 0. The molecule has 0 spiro atoms. The van der Waals surface area contributed by atoms with Crippen LogP contribution in [0.3, 0.4) is 0 Å². The minimum Gasteiger partial charge on any atom is -0.505 e. The number of hydrogen-bond acceptors (Lipinski definition) is 4. The summed E-state index contributed by atoms with van der Waals surface area (Å²) in [6, 6.07) is 8.06. The number of pyridine rings is 1. The molecule has 2 aliphatic rings. The maximum absolute atomic E-state index is 13.5. The maximum Gasteiger partial charge on any atom is 0.253 e. The van der Waals surface area contributed by atoms with Gasteiger partial charge in [0.1, 0.15) is 0 Å². The van der Waals surface area contributed by atoms with Gasteiger partial charge in [-0.25, -0.2) is 4.39 Å². The van der Waals surface area contributed by atoms with Gasteiger partial charge in [0.25, 0.3) is 5.91 Å². The van der Waals surface area contributed by atoms with E-state index in [1.165, 1.54) is 30.7 Å². The van der Waals surface area contributed by atoms with Gasteiger partial charge in [0, 0.05) is 43.4 Å². The van der Waals surface area contributed by atoms with Gasteiger partial charge in [-0.3, -0.25) is 9.78 Å². The highest BCUT2D eigenvalue weighted by molar-refractivity contribution is 5.94. The third-order valence-electron chi connectivity index (χ3n) is 5.64.